The largest absolute Gasteiger partial charge is 0.431 e. The molecule has 10 heteroatoms. The second-order valence-electron chi connectivity index (χ2n) is 3.98. The van der Waals surface area contributed by atoms with Gasteiger partial charge in [-0.05, 0) is 5.92 Å². The summed E-state index contributed by atoms with van der Waals surface area (Å²) < 4.78 is 109. The van der Waals surface area contributed by atoms with Crippen molar-refractivity contribution in [3.63, 3.8) is 0 Å². The fraction of sp³-hybridized carbons (Fsp3) is 1.00. The first-order chi connectivity index (χ1) is 7.60. The van der Waals surface area contributed by atoms with Gasteiger partial charge in [-0.25, -0.2) is 4.39 Å². The summed E-state index contributed by atoms with van der Waals surface area (Å²) in [4.78, 5) is 0. The molecule has 0 radical (unpaired) electrons. The third-order valence-corrected chi connectivity index (χ3v) is 2.12. The van der Waals surface area contributed by atoms with Gasteiger partial charge in [0.25, 0.3) is 5.67 Å². The molecular weight excluding hydrogens is 283 g/mol. The molecule has 0 aliphatic carbocycles. The van der Waals surface area contributed by atoms with Crippen LogP contribution in [-0.4, -0.2) is 29.2 Å². The number of halogens is 9. The van der Waals surface area contributed by atoms with Crippen LogP contribution >= 0.6 is 0 Å². The molecular formula is C8H9F9O. The minimum absolute atomic E-state index is 0.552. The molecule has 110 valence electrons. The number of aliphatic hydroxyl groups is 1. The smallest absolute Gasteiger partial charge is 0.336 e. The molecule has 0 fully saturated rings. The van der Waals surface area contributed by atoms with Gasteiger partial charge in [0.05, 0.1) is 0 Å². The van der Waals surface area contributed by atoms with E-state index in [0.717, 1.165) is 0 Å². The van der Waals surface area contributed by atoms with E-state index in [4.69, 9.17) is 5.11 Å². The average Bonchev–Trinajstić information content (AvgIpc) is 1.94. The number of rotatable bonds is 4. The first kappa shape index (κ1) is 17.3. The Morgan fingerprint density at radius 2 is 1.11 bits per heavy atom. The normalized spacial score (nSPS) is 16.8. The molecule has 0 saturated heterocycles. The lowest BCUT2D eigenvalue weighted by Gasteiger charge is -2.32. The Morgan fingerprint density at radius 1 is 0.778 bits per heavy atom. The van der Waals surface area contributed by atoms with Gasteiger partial charge in [-0.1, -0.05) is 6.92 Å². The van der Waals surface area contributed by atoms with E-state index in [2.05, 4.69) is 0 Å². The lowest BCUT2D eigenvalue weighted by molar-refractivity contribution is -0.347. The van der Waals surface area contributed by atoms with Crippen LogP contribution in [0.2, 0.25) is 0 Å². The predicted molar refractivity (Wildman–Crippen MR) is 41.5 cm³/mol. The molecule has 0 amide bonds. The van der Waals surface area contributed by atoms with Crippen molar-refractivity contribution in [3.8, 4) is 0 Å². The highest BCUT2D eigenvalue weighted by Crippen LogP contribution is 2.50. The van der Waals surface area contributed by atoms with E-state index < -0.39 is 42.9 Å². The van der Waals surface area contributed by atoms with Crippen LogP contribution < -0.4 is 0 Å². The van der Waals surface area contributed by atoms with Crippen LogP contribution in [0.5, 0.6) is 0 Å². The lowest BCUT2D eigenvalue weighted by atomic mass is 9.89. The maximum atomic E-state index is 13.1. The summed E-state index contributed by atoms with van der Waals surface area (Å²) in [7, 11) is 0. The summed E-state index contributed by atoms with van der Waals surface area (Å²) in [6.45, 7) is 0.552. The van der Waals surface area contributed by atoms with Crippen LogP contribution in [0.4, 0.5) is 39.5 Å². The SMILES string of the molecule is CC(CC(O)(F)F)CC(F)(C(F)(F)F)C(F)(F)F. The van der Waals surface area contributed by atoms with Gasteiger partial charge in [0, 0.05) is 12.8 Å². The van der Waals surface area contributed by atoms with Gasteiger partial charge in [-0.15, -0.1) is 0 Å². The Hall–Kier alpha value is -0.670. The van der Waals surface area contributed by atoms with Crippen LogP contribution in [0, 0.1) is 5.92 Å². The zero-order chi connectivity index (χ0) is 15.0. The minimum atomic E-state index is -6.27. The summed E-state index contributed by atoms with van der Waals surface area (Å²) in [5.74, 6) is -2.03. The highest BCUT2D eigenvalue weighted by Gasteiger charge is 2.72. The maximum absolute atomic E-state index is 13.1. The zero-order valence-corrected chi connectivity index (χ0v) is 8.84. The molecule has 18 heavy (non-hydrogen) atoms. The third kappa shape index (κ3) is 4.21. The van der Waals surface area contributed by atoms with Gasteiger partial charge in [-0.2, -0.15) is 35.1 Å². The van der Waals surface area contributed by atoms with Gasteiger partial charge in [0.1, 0.15) is 0 Å². The second kappa shape index (κ2) is 4.78. The summed E-state index contributed by atoms with van der Waals surface area (Å²) in [6, 6.07) is 0. The maximum Gasteiger partial charge on any atom is 0.431 e. The van der Waals surface area contributed by atoms with Crippen LogP contribution in [0.25, 0.3) is 0 Å². The van der Waals surface area contributed by atoms with E-state index in [1.807, 2.05) is 0 Å². The lowest BCUT2D eigenvalue weighted by Crippen LogP contribution is -2.54. The van der Waals surface area contributed by atoms with Crippen LogP contribution in [-0.2, 0) is 0 Å². The number of hydrogen-bond acceptors (Lipinski definition) is 1. The standard InChI is InChI=1S/C8H9F9O/c1-4(3-6(10,11)18)2-5(9,7(12,13)14)8(15,16)17/h4,18H,2-3H2,1H3. The van der Waals surface area contributed by atoms with Crippen molar-refractivity contribution in [3.05, 3.63) is 0 Å². The first-order valence-corrected chi connectivity index (χ1v) is 4.53. The minimum Gasteiger partial charge on any atom is -0.336 e. The topological polar surface area (TPSA) is 20.2 Å². The van der Waals surface area contributed by atoms with E-state index >= 15 is 0 Å². The quantitative estimate of drug-likeness (QED) is 0.781. The summed E-state index contributed by atoms with van der Waals surface area (Å²) in [5, 5.41) is 7.97. The Balaban J connectivity index is 5.07. The summed E-state index contributed by atoms with van der Waals surface area (Å²) >= 11 is 0. The zero-order valence-electron chi connectivity index (χ0n) is 8.84. The Labute approximate surface area is 95.6 Å². The van der Waals surface area contributed by atoms with Crippen molar-refractivity contribution in [1.29, 1.82) is 0 Å². The van der Waals surface area contributed by atoms with Gasteiger partial charge in [-0.3, -0.25) is 0 Å². The Bertz CT molecular complexity index is 260. The monoisotopic (exact) mass is 292 g/mol. The van der Waals surface area contributed by atoms with E-state index in [9.17, 15) is 39.5 Å². The van der Waals surface area contributed by atoms with Crippen molar-refractivity contribution in [2.75, 3.05) is 0 Å². The fourth-order valence-corrected chi connectivity index (χ4v) is 1.36. The molecule has 0 aromatic rings. The van der Waals surface area contributed by atoms with E-state index in [1.165, 1.54) is 0 Å². The van der Waals surface area contributed by atoms with Crippen molar-refractivity contribution >= 4 is 0 Å². The molecule has 0 spiro atoms. The molecule has 1 unspecified atom stereocenters. The summed E-state index contributed by atoms with van der Waals surface area (Å²) in [5.41, 5.74) is -5.58. The second-order valence-corrected chi connectivity index (χ2v) is 3.98. The van der Waals surface area contributed by atoms with Crippen molar-refractivity contribution in [2.24, 2.45) is 5.92 Å². The van der Waals surface area contributed by atoms with Crippen LogP contribution in [0.1, 0.15) is 19.8 Å². The third-order valence-electron chi connectivity index (χ3n) is 2.12. The molecule has 0 bridgehead atoms. The predicted octanol–water partition coefficient (Wildman–Crippen LogP) is 3.82. The molecule has 0 aromatic heterocycles. The van der Waals surface area contributed by atoms with E-state index in [0.29, 0.717) is 6.92 Å². The van der Waals surface area contributed by atoms with Crippen molar-refractivity contribution in [1.82, 2.24) is 0 Å². The van der Waals surface area contributed by atoms with Crippen molar-refractivity contribution in [2.45, 2.75) is 43.9 Å². The van der Waals surface area contributed by atoms with E-state index in [-0.39, 0.29) is 0 Å². The van der Waals surface area contributed by atoms with Gasteiger partial charge in [0.2, 0.25) is 0 Å². The molecule has 1 atom stereocenters. The molecule has 0 aliphatic heterocycles. The molecule has 0 saturated carbocycles. The highest BCUT2D eigenvalue weighted by molar-refractivity contribution is 4.95. The fourth-order valence-electron chi connectivity index (χ4n) is 1.36. The van der Waals surface area contributed by atoms with Crippen molar-refractivity contribution < 1.29 is 44.6 Å². The molecule has 0 rings (SSSR count). The Morgan fingerprint density at radius 3 is 1.33 bits per heavy atom. The molecule has 1 nitrogen and oxygen atoms in total. The number of alkyl halides is 9. The number of hydrogen-bond donors (Lipinski definition) is 1. The summed E-state index contributed by atoms with van der Waals surface area (Å²) in [6.07, 6.45) is -21.0. The highest BCUT2D eigenvalue weighted by atomic mass is 19.4. The average molecular weight is 292 g/mol. The molecule has 0 aromatic carbocycles. The van der Waals surface area contributed by atoms with Crippen LogP contribution in [0.3, 0.4) is 0 Å². The molecule has 0 aliphatic rings. The van der Waals surface area contributed by atoms with E-state index in [1.54, 1.807) is 0 Å². The van der Waals surface area contributed by atoms with Gasteiger partial charge < -0.3 is 5.11 Å². The van der Waals surface area contributed by atoms with Gasteiger partial charge >= 0.3 is 18.5 Å². The first-order valence-electron chi connectivity index (χ1n) is 4.53. The van der Waals surface area contributed by atoms with Crippen LogP contribution in [0.15, 0.2) is 0 Å². The molecule has 0 heterocycles. The molecule has 1 N–H and O–H groups in total. The Kier molecular flexibility index (Phi) is 4.60. The van der Waals surface area contributed by atoms with Gasteiger partial charge in [0.15, 0.2) is 0 Å².